The number of hydrogen-bond donors (Lipinski definition) is 1. The number of aryl methyl sites for hydroxylation is 2. The fourth-order valence-electron chi connectivity index (χ4n) is 2.06. The van der Waals surface area contributed by atoms with E-state index in [1.54, 1.807) is 13.1 Å². The minimum absolute atomic E-state index is 0.246. The van der Waals surface area contributed by atoms with E-state index in [4.69, 9.17) is 0 Å². The molecule has 1 atom stereocenters. The molecule has 0 aliphatic rings. The van der Waals surface area contributed by atoms with E-state index in [1.807, 2.05) is 19.9 Å². The molecular weight excluding hydrogens is 248 g/mol. The number of nitrogens with zero attached hydrogens (tertiary/aromatic N) is 2. The van der Waals surface area contributed by atoms with Gasteiger partial charge in [-0.25, -0.2) is 8.78 Å². The highest BCUT2D eigenvalue weighted by Gasteiger charge is 2.17. The Morgan fingerprint density at radius 2 is 1.79 bits per heavy atom. The van der Waals surface area contributed by atoms with Crippen LogP contribution in [0.2, 0.25) is 0 Å². The maximum atomic E-state index is 13.3. The number of halogens is 2. The minimum atomic E-state index is -0.853. The molecule has 1 aromatic heterocycles. The molecule has 0 fully saturated rings. The Hall–Kier alpha value is -1.88. The fourth-order valence-corrected chi connectivity index (χ4v) is 2.06. The van der Waals surface area contributed by atoms with Gasteiger partial charge in [-0.15, -0.1) is 0 Å². The number of nitrogens with one attached hydrogen (secondary N) is 1. The van der Waals surface area contributed by atoms with Gasteiger partial charge in [0.1, 0.15) is 0 Å². The second-order valence-corrected chi connectivity index (χ2v) is 4.42. The molecule has 0 radical (unpaired) electrons. The molecule has 19 heavy (non-hydrogen) atoms. The molecule has 0 saturated carbocycles. The van der Waals surface area contributed by atoms with Crippen LogP contribution in [0.5, 0.6) is 0 Å². The first kappa shape index (κ1) is 13.5. The monoisotopic (exact) mass is 263 g/mol. The lowest BCUT2D eigenvalue weighted by Crippen LogP contribution is -2.20. The summed E-state index contributed by atoms with van der Waals surface area (Å²) in [6, 6.07) is 5.54. The highest BCUT2D eigenvalue weighted by Crippen LogP contribution is 2.25. The van der Waals surface area contributed by atoms with Crippen LogP contribution in [0.1, 0.15) is 28.6 Å². The van der Waals surface area contributed by atoms with E-state index in [0.29, 0.717) is 5.56 Å². The predicted molar refractivity (Wildman–Crippen MR) is 68.8 cm³/mol. The first-order valence-corrected chi connectivity index (χ1v) is 5.96. The van der Waals surface area contributed by atoms with Gasteiger partial charge in [0.2, 0.25) is 0 Å². The molecule has 0 aliphatic heterocycles. The Morgan fingerprint density at radius 3 is 2.42 bits per heavy atom. The molecule has 1 N–H and O–H groups in total. The summed E-state index contributed by atoms with van der Waals surface area (Å²) in [5.74, 6) is -1.70. The zero-order valence-electron chi connectivity index (χ0n) is 11.0. The van der Waals surface area contributed by atoms with Crippen LogP contribution in [0, 0.1) is 25.5 Å². The van der Waals surface area contributed by atoms with Gasteiger partial charge in [-0.2, -0.15) is 10.2 Å². The number of rotatable bonds is 3. The van der Waals surface area contributed by atoms with Gasteiger partial charge in [0.05, 0.1) is 17.4 Å². The van der Waals surface area contributed by atoms with E-state index in [2.05, 4.69) is 15.5 Å². The number of benzene rings is 1. The van der Waals surface area contributed by atoms with Crippen molar-refractivity contribution in [2.45, 2.75) is 19.9 Å². The van der Waals surface area contributed by atoms with E-state index in [1.165, 1.54) is 6.07 Å². The number of hydrogen-bond acceptors (Lipinski definition) is 3. The minimum Gasteiger partial charge on any atom is -0.309 e. The zero-order chi connectivity index (χ0) is 14.0. The van der Waals surface area contributed by atoms with E-state index < -0.39 is 11.6 Å². The summed E-state index contributed by atoms with van der Waals surface area (Å²) in [6.07, 6.45) is 0. The van der Waals surface area contributed by atoms with Gasteiger partial charge in [0, 0.05) is 0 Å². The first-order chi connectivity index (χ1) is 9.02. The van der Waals surface area contributed by atoms with Crippen LogP contribution in [0.25, 0.3) is 0 Å². The summed E-state index contributed by atoms with van der Waals surface area (Å²) in [7, 11) is 1.77. The van der Waals surface area contributed by atoms with Crippen molar-refractivity contribution in [1.82, 2.24) is 15.5 Å². The highest BCUT2D eigenvalue weighted by atomic mass is 19.2. The van der Waals surface area contributed by atoms with Gasteiger partial charge in [0.15, 0.2) is 11.6 Å². The molecular formula is C14H15F2N3. The topological polar surface area (TPSA) is 37.8 Å². The van der Waals surface area contributed by atoms with Crippen molar-refractivity contribution in [1.29, 1.82) is 0 Å². The molecule has 1 unspecified atom stereocenters. The Kier molecular flexibility index (Phi) is 3.85. The molecule has 5 heteroatoms. The summed E-state index contributed by atoms with van der Waals surface area (Å²) >= 11 is 0. The second-order valence-electron chi connectivity index (χ2n) is 4.42. The van der Waals surface area contributed by atoms with Crippen LogP contribution in [0.4, 0.5) is 8.78 Å². The summed E-state index contributed by atoms with van der Waals surface area (Å²) in [5.41, 5.74) is 3.09. The largest absolute Gasteiger partial charge is 0.309 e. The van der Waals surface area contributed by atoms with Gasteiger partial charge in [-0.1, -0.05) is 6.07 Å². The van der Waals surface area contributed by atoms with E-state index in [9.17, 15) is 8.78 Å². The van der Waals surface area contributed by atoms with Gasteiger partial charge in [0.25, 0.3) is 0 Å². The third kappa shape index (κ3) is 2.76. The van der Waals surface area contributed by atoms with Crippen molar-refractivity contribution in [3.63, 3.8) is 0 Å². The van der Waals surface area contributed by atoms with Crippen molar-refractivity contribution in [3.05, 3.63) is 58.4 Å². The molecule has 1 aromatic carbocycles. The van der Waals surface area contributed by atoms with Gasteiger partial charge in [-0.3, -0.25) is 0 Å². The maximum absolute atomic E-state index is 13.3. The first-order valence-electron chi connectivity index (χ1n) is 5.96. The molecule has 1 heterocycles. The van der Waals surface area contributed by atoms with Crippen LogP contribution in [-0.4, -0.2) is 17.2 Å². The van der Waals surface area contributed by atoms with Gasteiger partial charge in [-0.05, 0) is 50.2 Å². The summed E-state index contributed by atoms with van der Waals surface area (Å²) in [4.78, 5) is 0. The molecule has 100 valence electrons. The van der Waals surface area contributed by atoms with E-state index in [-0.39, 0.29) is 6.04 Å². The standard InChI is InChI=1S/C14H15F2N3/c1-8-6-11(9(2)19-18-8)14(17-3)10-4-5-12(15)13(16)7-10/h4-7,14,17H,1-3H3. The molecule has 3 nitrogen and oxygen atoms in total. The van der Waals surface area contributed by atoms with Crippen molar-refractivity contribution in [2.24, 2.45) is 0 Å². The smallest absolute Gasteiger partial charge is 0.159 e. The van der Waals surface area contributed by atoms with Crippen molar-refractivity contribution in [3.8, 4) is 0 Å². The molecule has 0 amide bonds. The Morgan fingerprint density at radius 1 is 1.05 bits per heavy atom. The van der Waals surface area contributed by atoms with Crippen molar-refractivity contribution < 1.29 is 8.78 Å². The third-order valence-corrected chi connectivity index (χ3v) is 3.02. The lowest BCUT2D eigenvalue weighted by atomic mass is 9.97. The SMILES string of the molecule is CNC(c1ccc(F)c(F)c1)c1cc(C)nnc1C. The Labute approximate surface area is 110 Å². The van der Waals surface area contributed by atoms with Gasteiger partial charge >= 0.3 is 0 Å². The lowest BCUT2D eigenvalue weighted by molar-refractivity contribution is 0.504. The van der Waals surface area contributed by atoms with E-state index in [0.717, 1.165) is 23.0 Å². The highest BCUT2D eigenvalue weighted by molar-refractivity contribution is 5.34. The second kappa shape index (κ2) is 5.40. The molecule has 0 saturated heterocycles. The predicted octanol–water partition coefficient (Wildman–Crippen LogP) is 2.68. The average molecular weight is 263 g/mol. The van der Waals surface area contributed by atoms with Crippen LogP contribution in [0.15, 0.2) is 24.3 Å². The lowest BCUT2D eigenvalue weighted by Gasteiger charge is -2.19. The Balaban J connectivity index is 2.49. The van der Waals surface area contributed by atoms with Crippen LogP contribution >= 0.6 is 0 Å². The van der Waals surface area contributed by atoms with Crippen molar-refractivity contribution in [2.75, 3.05) is 7.05 Å². The molecule has 2 rings (SSSR count). The van der Waals surface area contributed by atoms with Crippen LogP contribution < -0.4 is 5.32 Å². The molecule has 0 bridgehead atoms. The van der Waals surface area contributed by atoms with Crippen LogP contribution in [0.3, 0.4) is 0 Å². The normalized spacial score (nSPS) is 12.5. The average Bonchev–Trinajstić information content (AvgIpc) is 2.38. The number of aromatic nitrogens is 2. The van der Waals surface area contributed by atoms with Crippen molar-refractivity contribution >= 4 is 0 Å². The molecule has 0 spiro atoms. The Bertz CT molecular complexity index is 599. The third-order valence-electron chi connectivity index (χ3n) is 3.02. The maximum Gasteiger partial charge on any atom is 0.159 e. The fraction of sp³-hybridized carbons (Fsp3) is 0.286. The van der Waals surface area contributed by atoms with E-state index >= 15 is 0 Å². The van der Waals surface area contributed by atoms with Gasteiger partial charge < -0.3 is 5.32 Å². The summed E-state index contributed by atoms with van der Waals surface area (Å²) < 4.78 is 26.3. The van der Waals surface area contributed by atoms with Crippen LogP contribution in [-0.2, 0) is 0 Å². The summed E-state index contributed by atoms with van der Waals surface area (Å²) in [6.45, 7) is 3.68. The molecule has 0 aliphatic carbocycles. The zero-order valence-corrected chi connectivity index (χ0v) is 11.0. The summed E-state index contributed by atoms with van der Waals surface area (Å²) in [5, 5.41) is 11.1. The molecule has 2 aromatic rings. The quantitative estimate of drug-likeness (QED) is 0.925.